The fraction of sp³-hybridized carbons (Fsp3) is 0.846. The summed E-state index contributed by atoms with van der Waals surface area (Å²) in [6.45, 7) is 0. The summed E-state index contributed by atoms with van der Waals surface area (Å²) in [7, 11) is 0. The maximum Gasteiger partial charge on any atom is 0.393 e. The lowest BCUT2D eigenvalue weighted by atomic mass is 9.40. The van der Waals surface area contributed by atoms with Gasteiger partial charge in [0.25, 0.3) is 0 Å². The zero-order chi connectivity index (χ0) is 14.9. The van der Waals surface area contributed by atoms with E-state index in [0.717, 1.165) is 0 Å². The fourth-order valence-electron chi connectivity index (χ4n) is 5.29. The molecule has 0 aromatic heterocycles. The molecule has 4 rings (SSSR count). The molecule has 0 aromatic carbocycles. The van der Waals surface area contributed by atoms with E-state index < -0.39 is 40.8 Å². The average Bonchev–Trinajstić information content (AvgIpc) is 2.24. The van der Waals surface area contributed by atoms with Crippen molar-refractivity contribution in [3.05, 3.63) is 0 Å². The highest BCUT2D eigenvalue weighted by atomic mass is 19.4. The van der Waals surface area contributed by atoms with Crippen molar-refractivity contribution in [2.24, 2.45) is 28.6 Å². The highest BCUT2D eigenvalue weighted by molar-refractivity contribution is 5.81. The summed E-state index contributed by atoms with van der Waals surface area (Å²) in [5.41, 5.74) is -3.22. The Hall–Kier alpha value is -1.27. The van der Waals surface area contributed by atoms with Crippen molar-refractivity contribution >= 4 is 11.9 Å². The summed E-state index contributed by atoms with van der Waals surface area (Å²) in [5.74, 6) is -5.62. The number of aliphatic carboxylic acids is 2. The minimum absolute atomic E-state index is 0.0436. The molecule has 4 nitrogen and oxygen atoms in total. The molecule has 0 saturated heterocycles. The van der Waals surface area contributed by atoms with E-state index in [9.17, 15) is 33.0 Å². The van der Waals surface area contributed by atoms with Crippen molar-refractivity contribution < 1.29 is 33.0 Å². The highest BCUT2D eigenvalue weighted by Crippen LogP contribution is 2.70. The minimum Gasteiger partial charge on any atom is -0.481 e. The van der Waals surface area contributed by atoms with Gasteiger partial charge in [0, 0.05) is 0 Å². The van der Waals surface area contributed by atoms with Gasteiger partial charge in [-0.1, -0.05) is 0 Å². The third-order valence-electron chi connectivity index (χ3n) is 5.57. The van der Waals surface area contributed by atoms with Crippen LogP contribution in [-0.4, -0.2) is 28.3 Å². The Bertz CT molecular complexity index is 488. The first-order chi connectivity index (χ1) is 9.11. The van der Waals surface area contributed by atoms with Gasteiger partial charge >= 0.3 is 18.1 Å². The first-order valence-corrected chi connectivity index (χ1v) is 6.64. The van der Waals surface area contributed by atoms with Crippen molar-refractivity contribution in [2.45, 2.75) is 38.3 Å². The molecule has 7 heteroatoms. The summed E-state index contributed by atoms with van der Waals surface area (Å²) in [6.07, 6.45) is -4.44. The predicted molar refractivity (Wildman–Crippen MR) is 59.7 cm³/mol. The van der Waals surface area contributed by atoms with Crippen LogP contribution in [-0.2, 0) is 9.59 Å². The Morgan fingerprint density at radius 1 is 1.05 bits per heavy atom. The van der Waals surface area contributed by atoms with E-state index in [0.29, 0.717) is 12.8 Å². The van der Waals surface area contributed by atoms with E-state index in [4.69, 9.17) is 0 Å². The van der Waals surface area contributed by atoms with E-state index in [-0.39, 0.29) is 25.2 Å². The van der Waals surface area contributed by atoms with E-state index >= 15 is 0 Å². The molecular formula is C13H15F3O4. The van der Waals surface area contributed by atoms with Gasteiger partial charge < -0.3 is 10.2 Å². The number of rotatable bonds is 2. The van der Waals surface area contributed by atoms with Gasteiger partial charge in [0.1, 0.15) is 0 Å². The van der Waals surface area contributed by atoms with Gasteiger partial charge in [0.2, 0.25) is 0 Å². The van der Waals surface area contributed by atoms with Crippen LogP contribution in [0.5, 0.6) is 0 Å². The van der Waals surface area contributed by atoms with Crippen LogP contribution in [0, 0.1) is 28.6 Å². The Morgan fingerprint density at radius 3 is 2.20 bits per heavy atom. The van der Waals surface area contributed by atoms with E-state index in [1.807, 2.05) is 0 Å². The van der Waals surface area contributed by atoms with Gasteiger partial charge in [0.15, 0.2) is 0 Å². The zero-order valence-electron chi connectivity index (χ0n) is 10.6. The van der Waals surface area contributed by atoms with E-state index in [1.54, 1.807) is 0 Å². The van der Waals surface area contributed by atoms with Crippen LogP contribution in [0.3, 0.4) is 0 Å². The lowest BCUT2D eigenvalue weighted by Crippen LogP contribution is -2.65. The molecule has 2 N–H and O–H groups in total. The quantitative estimate of drug-likeness (QED) is 0.820. The van der Waals surface area contributed by atoms with Gasteiger partial charge in [0.05, 0.1) is 16.7 Å². The largest absolute Gasteiger partial charge is 0.481 e. The molecule has 5 unspecified atom stereocenters. The summed E-state index contributed by atoms with van der Waals surface area (Å²) in [6, 6.07) is 0. The van der Waals surface area contributed by atoms with Crippen LogP contribution in [0.15, 0.2) is 0 Å². The number of hydrogen-bond donors (Lipinski definition) is 2. The van der Waals surface area contributed by atoms with Crippen LogP contribution in [0.4, 0.5) is 13.2 Å². The number of carboxylic acid groups (broad SMARTS) is 2. The molecule has 4 aliphatic rings. The van der Waals surface area contributed by atoms with Crippen LogP contribution >= 0.6 is 0 Å². The van der Waals surface area contributed by atoms with E-state index in [1.165, 1.54) is 0 Å². The Balaban J connectivity index is 2.12. The molecule has 4 bridgehead atoms. The van der Waals surface area contributed by atoms with Crippen molar-refractivity contribution in [1.29, 1.82) is 0 Å². The normalized spacial score (nSPS) is 46.5. The molecule has 4 aliphatic carbocycles. The number of carbonyl (C=O) groups is 2. The molecule has 4 saturated carbocycles. The molecule has 112 valence electrons. The lowest BCUT2D eigenvalue weighted by Gasteiger charge is -2.62. The molecule has 0 spiro atoms. The maximum absolute atomic E-state index is 13.3. The molecule has 5 atom stereocenters. The average molecular weight is 292 g/mol. The second-order valence-corrected chi connectivity index (χ2v) is 6.72. The summed E-state index contributed by atoms with van der Waals surface area (Å²) >= 11 is 0. The summed E-state index contributed by atoms with van der Waals surface area (Å²) in [4.78, 5) is 23.1. The molecule has 0 radical (unpaired) electrons. The molecule has 20 heavy (non-hydrogen) atoms. The number of carboxylic acids is 2. The van der Waals surface area contributed by atoms with Crippen molar-refractivity contribution in [3.8, 4) is 0 Å². The Kier molecular flexibility index (Phi) is 2.52. The highest BCUT2D eigenvalue weighted by Gasteiger charge is 2.73. The summed E-state index contributed by atoms with van der Waals surface area (Å²) in [5, 5.41) is 18.8. The molecular weight excluding hydrogens is 277 g/mol. The second kappa shape index (κ2) is 3.68. The smallest absolute Gasteiger partial charge is 0.393 e. The van der Waals surface area contributed by atoms with Gasteiger partial charge in [-0.05, 0) is 43.9 Å². The van der Waals surface area contributed by atoms with Crippen molar-refractivity contribution in [2.75, 3.05) is 0 Å². The Morgan fingerprint density at radius 2 is 1.70 bits per heavy atom. The van der Waals surface area contributed by atoms with Gasteiger partial charge in [-0.25, -0.2) is 0 Å². The van der Waals surface area contributed by atoms with Crippen molar-refractivity contribution in [3.63, 3.8) is 0 Å². The van der Waals surface area contributed by atoms with Crippen LogP contribution in [0.25, 0.3) is 0 Å². The maximum atomic E-state index is 13.3. The van der Waals surface area contributed by atoms with Crippen LogP contribution in [0.1, 0.15) is 32.1 Å². The third kappa shape index (κ3) is 1.55. The second-order valence-electron chi connectivity index (χ2n) is 6.72. The first-order valence-electron chi connectivity index (χ1n) is 6.64. The third-order valence-corrected chi connectivity index (χ3v) is 5.57. The molecule has 4 fully saturated rings. The van der Waals surface area contributed by atoms with Gasteiger partial charge in [-0.2, -0.15) is 13.2 Å². The van der Waals surface area contributed by atoms with Gasteiger partial charge in [-0.15, -0.1) is 0 Å². The molecule has 0 amide bonds. The zero-order valence-corrected chi connectivity index (χ0v) is 10.6. The number of hydrogen-bond acceptors (Lipinski definition) is 2. The minimum atomic E-state index is -4.59. The Labute approximate surface area is 113 Å². The van der Waals surface area contributed by atoms with Crippen LogP contribution in [0.2, 0.25) is 0 Å². The monoisotopic (exact) mass is 292 g/mol. The molecule has 0 aliphatic heterocycles. The fourth-order valence-corrected chi connectivity index (χ4v) is 5.29. The van der Waals surface area contributed by atoms with Crippen molar-refractivity contribution in [1.82, 2.24) is 0 Å². The number of halogens is 3. The van der Waals surface area contributed by atoms with Gasteiger partial charge in [-0.3, -0.25) is 9.59 Å². The standard InChI is InChI=1S/C13H15F3O4/c14-13(15,16)8-7-1-6-2-11(4-7,9(17)18)5-12(8,3-6)10(19)20/h6-8H,1-5H2,(H,17,18)(H,19,20). The topological polar surface area (TPSA) is 74.6 Å². The first kappa shape index (κ1) is 13.7. The number of alkyl halides is 3. The predicted octanol–water partition coefficient (Wildman–Crippen LogP) is 2.53. The SMILES string of the molecule is O=C(O)C12CC3CC(C1)C(C(F)(F)F)C(C(=O)O)(C3)C2. The molecule has 0 aromatic rings. The summed E-state index contributed by atoms with van der Waals surface area (Å²) < 4.78 is 40.0. The van der Waals surface area contributed by atoms with E-state index in [2.05, 4.69) is 0 Å². The van der Waals surface area contributed by atoms with Crippen LogP contribution < -0.4 is 0 Å². The lowest BCUT2D eigenvalue weighted by molar-refractivity contribution is -0.280. The molecule has 0 heterocycles.